The van der Waals surface area contributed by atoms with Crippen molar-refractivity contribution in [1.82, 2.24) is 0 Å². The highest BCUT2D eigenvalue weighted by Gasteiger charge is 2.18. The van der Waals surface area contributed by atoms with Crippen molar-refractivity contribution in [2.45, 2.75) is 13.3 Å². The Labute approximate surface area is 129 Å². The molecule has 0 spiro atoms. The van der Waals surface area contributed by atoms with Crippen LogP contribution in [0.25, 0.3) is 0 Å². The lowest BCUT2D eigenvalue weighted by Crippen LogP contribution is -2.26. The Bertz CT molecular complexity index is 543. The van der Waals surface area contributed by atoms with Gasteiger partial charge >= 0.3 is 6.09 Å². The van der Waals surface area contributed by atoms with E-state index in [1.54, 1.807) is 19.2 Å². The average Bonchev–Trinajstić information content (AvgIpc) is 2.47. The number of nitrogens with zero attached hydrogens (tertiary/aromatic N) is 1. The number of halogens is 1. The predicted molar refractivity (Wildman–Crippen MR) is 83.4 cm³/mol. The van der Waals surface area contributed by atoms with Crippen LogP contribution in [0.2, 0.25) is 5.02 Å². The number of benzene rings is 1. The molecule has 6 heteroatoms. The van der Waals surface area contributed by atoms with Crippen LogP contribution < -0.4 is 9.64 Å². The molecule has 0 radical (unpaired) electrons. The molecule has 116 valence electrons. The van der Waals surface area contributed by atoms with E-state index in [1.165, 1.54) is 19.1 Å². The third kappa shape index (κ3) is 4.37. The smallest absolute Gasteiger partial charge is 0.413 e. The Balaban J connectivity index is 3.24. The van der Waals surface area contributed by atoms with Crippen molar-refractivity contribution >= 4 is 23.4 Å². The highest BCUT2D eigenvalue weighted by atomic mass is 35.5. The molecule has 0 bridgehead atoms. The summed E-state index contributed by atoms with van der Waals surface area (Å²) in [6.07, 6.45) is 1.83. The first kappa shape index (κ1) is 17.3. The SMILES string of the molecule is COC(=O)N(C)c1cc(C/C(C)=C/CO)cc(OC)c1Cl. The molecular weight excluding hydrogens is 294 g/mol. The van der Waals surface area contributed by atoms with Crippen LogP contribution in [-0.4, -0.2) is 39.1 Å². The minimum atomic E-state index is -0.515. The van der Waals surface area contributed by atoms with Gasteiger partial charge in [0, 0.05) is 7.05 Å². The third-order valence-corrected chi connectivity index (χ3v) is 3.41. The van der Waals surface area contributed by atoms with E-state index in [2.05, 4.69) is 0 Å². The number of ether oxygens (including phenoxy) is 2. The molecule has 0 atom stereocenters. The molecule has 1 aromatic carbocycles. The van der Waals surface area contributed by atoms with E-state index in [1.807, 2.05) is 13.0 Å². The maximum Gasteiger partial charge on any atom is 0.413 e. The Kier molecular flexibility index (Phi) is 6.52. The number of carbonyl (C=O) groups excluding carboxylic acids is 1. The van der Waals surface area contributed by atoms with Gasteiger partial charge in [-0.2, -0.15) is 0 Å². The second kappa shape index (κ2) is 7.90. The van der Waals surface area contributed by atoms with Gasteiger partial charge in [-0.15, -0.1) is 0 Å². The number of amides is 1. The number of hydrogen-bond donors (Lipinski definition) is 1. The van der Waals surface area contributed by atoms with Gasteiger partial charge in [-0.1, -0.05) is 23.3 Å². The van der Waals surface area contributed by atoms with Gasteiger partial charge in [-0.3, -0.25) is 4.90 Å². The van der Waals surface area contributed by atoms with Crippen LogP contribution in [0.1, 0.15) is 12.5 Å². The first-order chi connectivity index (χ1) is 9.94. The number of anilines is 1. The minimum Gasteiger partial charge on any atom is -0.495 e. The van der Waals surface area contributed by atoms with Gasteiger partial charge in [-0.25, -0.2) is 4.79 Å². The molecule has 0 aliphatic carbocycles. The lowest BCUT2D eigenvalue weighted by Gasteiger charge is -2.20. The van der Waals surface area contributed by atoms with E-state index in [0.29, 0.717) is 22.9 Å². The Hall–Kier alpha value is -1.72. The summed E-state index contributed by atoms with van der Waals surface area (Å²) in [4.78, 5) is 13.0. The molecule has 5 nitrogen and oxygen atoms in total. The molecule has 0 saturated carbocycles. The number of aliphatic hydroxyl groups is 1. The zero-order chi connectivity index (χ0) is 16.0. The Morgan fingerprint density at radius 1 is 1.43 bits per heavy atom. The van der Waals surface area contributed by atoms with Crippen LogP contribution in [0.3, 0.4) is 0 Å². The molecule has 0 aromatic heterocycles. The van der Waals surface area contributed by atoms with Crippen molar-refractivity contribution in [3.05, 3.63) is 34.4 Å². The van der Waals surface area contributed by atoms with E-state index in [4.69, 9.17) is 26.2 Å². The summed E-state index contributed by atoms with van der Waals surface area (Å²) in [5.41, 5.74) is 2.44. The van der Waals surface area contributed by atoms with Crippen molar-refractivity contribution in [2.75, 3.05) is 32.8 Å². The molecule has 21 heavy (non-hydrogen) atoms. The number of methoxy groups -OCH3 is 2. The maximum absolute atomic E-state index is 11.7. The van der Waals surface area contributed by atoms with Crippen molar-refractivity contribution in [1.29, 1.82) is 0 Å². The molecule has 1 amide bonds. The van der Waals surface area contributed by atoms with Crippen LogP contribution in [0.5, 0.6) is 5.75 Å². The lowest BCUT2D eigenvalue weighted by atomic mass is 10.0. The fourth-order valence-electron chi connectivity index (χ4n) is 1.92. The van der Waals surface area contributed by atoms with E-state index >= 15 is 0 Å². The van der Waals surface area contributed by atoms with Crippen LogP contribution in [0.15, 0.2) is 23.8 Å². The van der Waals surface area contributed by atoms with Gasteiger partial charge in [0.2, 0.25) is 0 Å². The molecule has 0 fully saturated rings. The third-order valence-electron chi connectivity index (χ3n) is 3.03. The fraction of sp³-hybridized carbons (Fsp3) is 0.400. The quantitative estimate of drug-likeness (QED) is 0.849. The molecule has 1 aromatic rings. The second-order valence-corrected chi connectivity index (χ2v) is 4.95. The normalized spacial score (nSPS) is 11.2. The number of aliphatic hydroxyl groups excluding tert-OH is 1. The molecule has 1 N–H and O–H groups in total. The van der Waals surface area contributed by atoms with Crippen LogP contribution in [-0.2, 0) is 11.2 Å². The zero-order valence-corrected chi connectivity index (χ0v) is 13.4. The van der Waals surface area contributed by atoms with Gasteiger partial charge in [0.15, 0.2) is 0 Å². The first-order valence-electron chi connectivity index (χ1n) is 6.39. The minimum absolute atomic E-state index is 0.00845. The monoisotopic (exact) mass is 313 g/mol. The van der Waals surface area contributed by atoms with E-state index in [0.717, 1.165) is 11.1 Å². The van der Waals surface area contributed by atoms with Crippen LogP contribution in [0, 0.1) is 0 Å². The lowest BCUT2D eigenvalue weighted by molar-refractivity contribution is 0.180. The largest absolute Gasteiger partial charge is 0.495 e. The topological polar surface area (TPSA) is 59.0 Å². The summed E-state index contributed by atoms with van der Waals surface area (Å²) >= 11 is 6.25. The predicted octanol–water partition coefficient (Wildman–Crippen LogP) is 3.03. The standard InChI is InChI=1S/C15H20ClNO4/c1-10(5-6-18)7-11-8-12(17(2)15(19)21-4)14(16)13(9-11)20-3/h5,8-9,18H,6-7H2,1-4H3/b10-5+. The van der Waals surface area contributed by atoms with Crippen LogP contribution in [0.4, 0.5) is 10.5 Å². The molecule has 0 heterocycles. The van der Waals surface area contributed by atoms with E-state index in [-0.39, 0.29) is 6.61 Å². The van der Waals surface area contributed by atoms with Gasteiger partial charge in [0.05, 0.1) is 26.5 Å². The number of hydrogen-bond acceptors (Lipinski definition) is 4. The van der Waals surface area contributed by atoms with Gasteiger partial charge in [-0.05, 0) is 31.0 Å². The highest BCUT2D eigenvalue weighted by Crippen LogP contribution is 2.36. The zero-order valence-electron chi connectivity index (χ0n) is 12.6. The highest BCUT2D eigenvalue weighted by molar-refractivity contribution is 6.35. The van der Waals surface area contributed by atoms with E-state index < -0.39 is 6.09 Å². The molecule has 0 unspecified atom stereocenters. The summed E-state index contributed by atoms with van der Waals surface area (Å²) in [6, 6.07) is 3.61. The maximum atomic E-state index is 11.7. The molecule has 1 rings (SSSR count). The van der Waals surface area contributed by atoms with Crippen molar-refractivity contribution < 1.29 is 19.4 Å². The second-order valence-electron chi connectivity index (χ2n) is 4.57. The Morgan fingerprint density at radius 3 is 2.62 bits per heavy atom. The van der Waals surface area contributed by atoms with Gasteiger partial charge in [0.25, 0.3) is 0 Å². The Morgan fingerprint density at radius 2 is 2.10 bits per heavy atom. The number of carbonyl (C=O) groups is 1. The van der Waals surface area contributed by atoms with Gasteiger partial charge in [0.1, 0.15) is 10.8 Å². The molecule has 0 aliphatic rings. The van der Waals surface area contributed by atoms with Crippen molar-refractivity contribution in [3.8, 4) is 5.75 Å². The van der Waals surface area contributed by atoms with Crippen molar-refractivity contribution in [3.63, 3.8) is 0 Å². The summed E-state index contributed by atoms with van der Waals surface area (Å²) in [5.74, 6) is 0.483. The summed E-state index contributed by atoms with van der Waals surface area (Å²) in [5, 5.41) is 9.26. The molecule has 0 saturated heterocycles. The summed E-state index contributed by atoms with van der Waals surface area (Å²) in [7, 11) is 4.40. The molecular formula is C15H20ClNO4. The number of rotatable bonds is 5. The van der Waals surface area contributed by atoms with Crippen molar-refractivity contribution in [2.24, 2.45) is 0 Å². The summed E-state index contributed by atoms with van der Waals surface area (Å²) in [6.45, 7) is 1.91. The summed E-state index contributed by atoms with van der Waals surface area (Å²) < 4.78 is 9.95. The average molecular weight is 314 g/mol. The number of allylic oxidation sites excluding steroid dienone is 1. The molecule has 0 aliphatic heterocycles. The van der Waals surface area contributed by atoms with Crippen LogP contribution >= 0.6 is 11.6 Å². The first-order valence-corrected chi connectivity index (χ1v) is 6.77. The fourth-order valence-corrected chi connectivity index (χ4v) is 2.23. The van der Waals surface area contributed by atoms with Gasteiger partial charge < -0.3 is 14.6 Å². The van der Waals surface area contributed by atoms with E-state index in [9.17, 15) is 4.79 Å².